The van der Waals surface area contributed by atoms with Crippen LogP contribution in [0.15, 0.2) is 24.3 Å². The lowest BCUT2D eigenvalue weighted by molar-refractivity contribution is 0.758. The van der Waals surface area contributed by atoms with Crippen molar-refractivity contribution in [2.45, 2.75) is 19.8 Å². The van der Waals surface area contributed by atoms with E-state index < -0.39 is 0 Å². The molecule has 1 aromatic carbocycles. The molecular formula is C11H15IN2S. The largest absolute Gasteiger partial charge is 0.362 e. The van der Waals surface area contributed by atoms with Gasteiger partial charge in [-0.05, 0) is 59.4 Å². The third-order valence-electron chi connectivity index (χ3n) is 1.90. The molecule has 0 amide bonds. The second-order valence-corrected chi connectivity index (χ2v) is 4.90. The normalized spacial score (nSPS) is 9.73. The number of unbranched alkanes of at least 4 members (excludes halogenated alkanes) is 1. The summed E-state index contributed by atoms with van der Waals surface area (Å²) in [6, 6.07) is 8.14. The van der Waals surface area contributed by atoms with Crippen molar-refractivity contribution in [1.82, 2.24) is 5.32 Å². The molecule has 4 heteroatoms. The van der Waals surface area contributed by atoms with Gasteiger partial charge in [-0.15, -0.1) is 0 Å². The highest BCUT2D eigenvalue weighted by Crippen LogP contribution is 2.11. The number of hydrogen-bond donors (Lipinski definition) is 2. The molecule has 0 heterocycles. The second kappa shape index (κ2) is 7.00. The van der Waals surface area contributed by atoms with Crippen LogP contribution in [0.4, 0.5) is 5.69 Å². The molecule has 2 N–H and O–H groups in total. The average Bonchev–Trinajstić information content (AvgIpc) is 2.18. The van der Waals surface area contributed by atoms with Crippen molar-refractivity contribution in [2.24, 2.45) is 0 Å². The number of thiocarbonyl (C=S) groups is 1. The van der Waals surface area contributed by atoms with E-state index in [0.717, 1.165) is 18.7 Å². The van der Waals surface area contributed by atoms with Crippen molar-refractivity contribution < 1.29 is 0 Å². The molecule has 0 radical (unpaired) electrons. The van der Waals surface area contributed by atoms with E-state index in [9.17, 15) is 0 Å². The van der Waals surface area contributed by atoms with E-state index in [-0.39, 0.29) is 0 Å². The quantitative estimate of drug-likeness (QED) is 0.502. The standard InChI is InChI=1S/C11H15IN2S/c1-2-3-7-13-11(15)14-10-6-4-5-9(12)8-10/h4-6,8H,2-3,7H2,1H3,(H2,13,14,15). The van der Waals surface area contributed by atoms with Crippen LogP contribution in [0, 0.1) is 3.57 Å². The van der Waals surface area contributed by atoms with Crippen molar-refractivity contribution in [1.29, 1.82) is 0 Å². The third kappa shape index (κ3) is 5.32. The summed E-state index contributed by atoms with van der Waals surface area (Å²) in [7, 11) is 0. The summed E-state index contributed by atoms with van der Waals surface area (Å²) in [5.74, 6) is 0. The Bertz CT molecular complexity index is 328. The van der Waals surface area contributed by atoms with Gasteiger partial charge in [0, 0.05) is 15.8 Å². The Balaban J connectivity index is 2.37. The molecule has 0 spiro atoms. The first-order chi connectivity index (χ1) is 7.22. The van der Waals surface area contributed by atoms with Gasteiger partial charge in [0.2, 0.25) is 0 Å². The number of halogens is 1. The van der Waals surface area contributed by atoms with Crippen molar-refractivity contribution in [3.8, 4) is 0 Å². The van der Waals surface area contributed by atoms with E-state index in [2.05, 4.69) is 52.3 Å². The maximum Gasteiger partial charge on any atom is 0.170 e. The number of nitrogens with one attached hydrogen (secondary N) is 2. The minimum absolute atomic E-state index is 0.699. The monoisotopic (exact) mass is 334 g/mol. The zero-order valence-corrected chi connectivity index (χ0v) is 11.7. The molecule has 2 nitrogen and oxygen atoms in total. The van der Waals surface area contributed by atoms with E-state index in [1.54, 1.807) is 0 Å². The summed E-state index contributed by atoms with van der Waals surface area (Å²) >= 11 is 7.45. The van der Waals surface area contributed by atoms with Gasteiger partial charge >= 0.3 is 0 Å². The highest BCUT2D eigenvalue weighted by atomic mass is 127. The minimum atomic E-state index is 0.699. The predicted molar refractivity (Wildman–Crippen MR) is 78.3 cm³/mol. The fourth-order valence-corrected chi connectivity index (χ4v) is 1.88. The lowest BCUT2D eigenvalue weighted by Crippen LogP contribution is -2.29. The Morgan fingerprint density at radius 1 is 1.47 bits per heavy atom. The summed E-state index contributed by atoms with van der Waals surface area (Å²) in [5.41, 5.74) is 1.04. The average molecular weight is 334 g/mol. The van der Waals surface area contributed by atoms with Crippen LogP contribution in [0.5, 0.6) is 0 Å². The summed E-state index contributed by atoms with van der Waals surface area (Å²) in [6.45, 7) is 3.10. The zero-order valence-electron chi connectivity index (χ0n) is 8.72. The predicted octanol–water partition coefficient (Wildman–Crippen LogP) is 3.38. The van der Waals surface area contributed by atoms with Gasteiger partial charge in [0.15, 0.2) is 5.11 Å². The SMILES string of the molecule is CCCCNC(=S)Nc1cccc(I)c1. The zero-order chi connectivity index (χ0) is 11.1. The first-order valence-electron chi connectivity index (χ1n) is 5.03. The highest BCUT2D eigenvalue weighted by molar-refractivity contribution is 14.1. The topological polar surface area (TPSA) is 24.1 Å². The van der Waals surface area contributed by atoms with Gasteiger partial charge in [0.1, 0.15) is 0 Å². The smallest absolute Gasteiger partial charge is 0.170 e. The van der Waals surface area contributed by atoms with E-state index >= 15 is 0 Å². The van der Waals surface area contributed by atoms with Gasteiger partial charge in [-0.1, -0.05) is 19.4 Å². The van der Waals surface area contributed by atoms with E-state index in [4.69, 9.17) is 12.2 Å². The lowest BCUT2D eigenvalue weighted by Gasteiger charge is -2.09. The van der Waals surface area contributed by atoms with Crippen LogP contribution in [0.2, 0.25) is 0 Å². The Kier molecular flexibility index (Phi) is 5.93. The van der Waals surface area contributed by atoms with E-state index in [0.29, 0.717) is 5.11 Å². The highest BCUT2D eigenvalue weighted by Gasteiger charge is 1.96. The lowest BCUT2D eigenvalue weighted by atomic mass is 10.3. The van der Waals surface area contributed by atoms with Gasteiger partial charge in [0.05, 0.1) is 0 Å². The first kappa shape index (κ1) is 12.7. The number of hydrogen-bond acceptors (Lipinski definition) is 1. The molecule has 0 aliphatic rings. The molecule has 0 bridgehead atoms. The molecule has 1 rings (SSSR count). The van der Waals surface area contributed by atoms with Crippen LogP contribution < -0.4 is 10.6 Å². The maximum absolute atomic E-state index is 5.17. The summed E-state index contributed by atoms with van der Waals surface area (Å²) in [5, 5.41) is 7.03. The fourth-order valence-electron chi connectivity index (χ4n) is 1.12. The fraction of sp³-hybridized carbons (Fsp3) is 0.364. The molecule has 0 aliphatic heterocycles. The molecule has 0 saturated heterocycles. The molecule has 82 valence electrons. The van der Waals surface area contributed by atoms with Crippen molar-refractivity contribution in [3.63, 3.8) is 0 Å². The molecule has 0 aliphatic carbocycles. The number of rotatable bonds is 4. The molecule has 0 aromatic heterocycles. The van der Waals surface area contributed by atoms with Gasteiger partial charge in [-0.2, -0.15) is 0 Å². The molecule has 0 saturated carbocycles. The maximum atomic E-state index is 5.17. The van der Waals surface area contributed by atoms with Crippen molar-refractivity contribution in [2.75, 3.05) is 11.9 Å². The van der Waals surface area contributed by atoms with Crippen LogP contribution in [0.25, 0.3) is 0 Å². The van der Waals surface area contributed by atoms with Crippen molar-refractivity contribution >= 4 is 45.6 Å². The van der Waals surface area contributed by atoms with Gasteiger partial charge in [-0.3, -0.25) is 0 Å². The number of benzene rings is 1. The summed E-state index contributed by atoms with van der Waals surface area (Å²) in [4.78, 5) is 0. The van der Waals surface area contributed by atoms with Crippen LogP contribution in [0.1, 0.15) is 19.8 Å². The Morgan fingerprint density at radius 3 is 2.93 bits per heavy atom. The van der Waals surface area contributed by atoms with Gasteiger partial charge < -0.3 is 10.6 Å². The van der Waals surface area contributed by atoms with Crippen LogP contribution >= 0.6 is 34.8 Å². The first-order valence-corrected chi connectivity index (χ1v) is 6.51. The summed E-state index contributed by atoms with van der Waals surface area (Å²) in [6.07, 6.45) is 2.33. The minimum Gasteiger partial charge on any atom is -0.362 e. The molecule has 1 aromatic rings. The molecular weight excluding hydrogens is 319 g/mol. The number of anilines is 1. The van der Waals surface area contributed by atoms with Crippen LogP contribution in [-0.4, -0.2) is 11.7 Å². The Hall–Kier alpha value is -0.360. The molecule has 0 unspecified atom stereocenters. The third-order valence-corrected chi connectivity index (χ3v) is 2.82. The molecule has 0 fully saturated rings. The van der Waals surface area contributed by atoms with Crippen LogP contribution in [0.3, 0.4) is 0 Å². The Morgan fingerprint density at radius 2 is 2.27 bits per heavy atom. The van der Waals surface area contributed by atoms with Crippen molar-refractivity contribution in [3.05, 3.63) is 27.8 Å². The van der Waals surface area contributed by atoms with E-state index in [1.807, 2.05) is 12.1 Å². The Labute approximate surface area is 110 Å². The summed E-state index contributed by atoms with van der Waals surface area (Å²) < 4.78 is 1.20. The van der Waals surface area contributed by atoms with E-state index in [1.165, 1.54) is 9.99 Å². The van der Waals surface area contributed by atoms with Gasteiger partial charge in [0.25, 0.3) is 0 Å². The molecule has 0 atom stereocenters. The van der Waals surface area contributed by atoms with Gasteiger partial charge in [-0.25, -0.2) is 0 Å². The molecule has 15 heavy (non-hydrogen) atoms. The van der Waals surface area contributed by atoms with Crippen LogP contribution in [-0.2, 0) is 0 Å². The second-order valence-electron chi connectivity index (χ2n) is 3.24.